The summed E-state index contributed by atoms with van der Waals surface area (Å²) in [5, 5.41) is 9.02. The first-order valence-electron chi connectivity index (χ1n) is 5.61. The largest absolute Gasteiger partial charge is 0.394 e. The lowest BCUT2D eigenvalue weighted by molar-refractivity contribution is 0.0677. The third-order valence-corrected chi connectivity index (χ3v) is 3.40. The van der Waals surface area contributed by atoms with E-state index in [1.807, 2.05) is 0 Å². The van der Waals surface area contributed by atoms with Crippen molar-refractivity contribution in [3.8, 4) is 0 Å². The molecule has 6 heteroatoms. The van der Waals surface area contributed by atoms with Crippen molar-refractivity contribution >= 4 is 17.5 Å². The molecular weight excluding hydrogens is 264 g/mol. The summed E-state index contributed by atoms with van der Waals surface area (Å²) >= 11 is 5.75. The Morgan fingerprint density at radius 2 is 2.11 bits per heavy atom. The lowest BCUT2D eigenvalue weighted by Gasteiger charge is -2.23. The first kappa shape index (κ1) is 13.2. The maximum absolute atomic E-state index is 13.1. The standard InChI is InChI=1S/C12H12ClF2NO2/c13-9-5-11(15)10(14)4-8(9)12(18)16-3-1-2-7(16)6-17/h4-5,7,17H,1-3,6H2. The number of hydrogen-bond donors (Lipinski definition) is 1. The van der Waals surface area contributed by atoms with E-state index in [0.717, 1.165) is 18.6 Å². The number of rotatable bonds is 2. The molecule has 2 rings (SSSR count). The van der Waals surface area contributed by atoms with Crippen LogP contribution in [0.2, 0.25) is 5.02 Å². The number of amides is 1. The first-order valence-corrected chi connectivity index (χ1v) is 5.98. The highest BCUT2D eigenvalue weighted by Crippen LogP contribution is 2.25. The number of halogens is 3. The molecule has 0 aromatic heterocycles. The Morgan fingerprint density at radius 1 is 1.44 bits per heavy atom. The fourth-order valence-electron chi connectivity index (χ4n) is 2.13. The lowest BCUT2D eigenvalue weighted by atomic mass is 10.1. The molecule has 1 aromatic carbocycles. The minimum atomic E-state index is -1.11. The highest BCUT2D eigenvalue weighted by atomic mass is 35.5. The minimum absolute atomic E-state index is 0.0732. The van der Waals surface area contributed by atoms with Crippen LogP contribution in [0.1, 0.15) is 23.2 Å². The maximum atomic E-state index is 13.1. The van der Waals surface area contributed by atoms with Crippen LogP contribution in [0, 0.1) is 11.6 Å². The molecule has 1 atom stereocenters. The van der Waals surface area contributed by atoms with Crippen molar-refractivity contribution in [1.82, 2.24) is 4.90 Å². The maximum Gasteiger partial charge on any atom is 0.255 e. The number of benzene rings is 1. The molecule has 1 aliphatic heterocycles. The van der Waals surface area contributed by atoms with E-state index < -0.39 is 17.5 Å². The fourth-order valence-corrected chi connectivity index (χ4v) is 2.37. The molecule has 1 amide bonds. The highest BCUT2D eigenvalue weighted by Gasteiger charge is 2.30. The monoisotopic (exact) mass is 275 g/mol. The summed E-state index contributed by atoms with van der Waals surface area (Å²) in [6.45, 7) is 0.340. The first-order chi connectivity index (χ1) is 8.54. The van der Waals surface area contributed by atoms with E-state index in [0.29, 0.717) is 13.0 Å². The van der Waals surface area contributed by atoms with Gasteiger partial charge in [0.15, 0.2) is 11.6 Å². The summed E-state index contributed by atoms with van der Waals surface area (Å²) in [5.41, 5.74) is -0.0732. The van der Waals surface area contributed by atoms with E-state index in [2.05, 4.69) is 0 Å². The number of carbonyl (C=O) groups excluding carboxylic acids is 1. The van der Waals surface area contributed by atoms with Gasteiger partial charge in [-0.2, -0.15) is 0 Å². The smallest absolute Gasteiger partial charge is 0.255 e. The summed E-state index contributed by atoms with van der Waals surface area (Å²) in [6, 6.07) is 1.31. The van der Waals surface area contributed by atoms with Crippen LogP contribution in [-0.2, 0) is 0 Å². The van der Waals surface area contributed by atoms with Crippen LogP contribution in [-0.4, -0.2) is 35.1 Å². The SMILES string of the molecule is O=C(c1cc(F)c(F)cc1Cl)N1CCCC1CO. The summed E-state index contributed by atoms with van der Waals surface area (Å²) in [6.07, 6.45) is 1.47. The van der Waals surface area contributed by atoms with Crippen LogP contribution in [0.3, 0.4) is 0 Å². The van der Waals surface area contributed by atoms with Crippen molar-refractivity contribution in [2.45, 2.75) is 18.9 Å². The number of hydrogen-bond acceptors (Lipinski definition) is 2. The van der Waals surface area contributed by atoms with Crippen LogP contribution in [0.15, 0.2) is 12.1 Å². The summed E-state index contributed by atoms with van der Waals surface area (Å²) in [4.78, 5) is 13.6. The zero-order chi connectivity index (χ0) is 13.3. The van der Waals surface area contributed by atoms with Gasteiger partial charge in [0.25, 0.3) is 5.91 Å². The van der Waals surface area contributed by atoms with Gasteiger partial charge in [0, 0.05) is 6.54 Å². The third kappa shape index (κ3) is 2.33. The van der Waals surface area contributed by atoms with E-state index in [9.17, 15) is 13.6 Å². The van der Waals surface area contributed by atoms with Crippen LogP contribution >= 0.6 is 11.6 Å². The molecule has 1 fully saturated rings. The molecule has 98 valence electrons. The van der Waals surface area contributed by atoms with Crippen molar-refractivity contribution < 1.29 is 18.7 Å². The topological polar surface area (TPSA) is 40.5 Å². The highest BCUT2D eigenvalue weighted by molar-refractivity contribution is 6.33. The van der Waals surface area contributed by atoms with Gasteiger partial charge >= 0.3 is 0 Å². The lowest BCUT2D eigenvalue weighted by Crippen LogP contribution is -2.37. The second kappa shape index (κ2) is 5.20. The third-order valence-electron chi connectivity index (χ3n) is 3.09. The Balaban J connectivity index is 2.31. The number of aliphatic hydroxyl groups is 1. The van der Waals surface area contributed by atoms with Gasteiger partial charge in [-0.25, -0.2) is 8.78 Å². The van der Waals surface area contributed by atoms with Crippen LogP contribution in [0.25, 0.3) is 0 Å². The Morgan fingerprint density at radius 3 is 2.78 bits per heavy atom. The molecule has 3 nitrogen and oxygen atoms in total. The van der Waals surface area contributed by atoms with E-state index in [1.54, 1.807) is 0 Å². The van der Waals surface area contributed by atoms with Crippen LogP contribution < -0.4 is 0 Å². The van der Waals surface area contributed by atoms with Gasteiger partial charge in [-0.15, -0.1) is 0 Å². The molecular formula is C12H12ClF2NO2. The molecule has 18 heavy (non-hydrogen) atoms. The zero-order valence-electron chi connectivity index (χ0n) is 9.50. The molecule has 1 aliphatic rings. The molecule has 0 aliphatic carbocycles. The van der Waals surface area contributed by atoms with Gasteiger partial charge in [-0.05, 0) is 25.0 Å². The van der Waals surface area contributed by atoms with Gasteiger partial charge in [-0.3, -0.25) is 4.79 Å². The average Bonchev–Trinajstić information content (AvgIpc) is 2.81. The molecule has 1 N–H and O–H groups in total. The van der Waals surface area contributed by atoms with E-state index in [4.69, 9.17) is 16.7 Å². The second-order valence-electron chi connectivity index (χ2n) is 4.22. The molecule has 1 unspecified atom stereocenters. The molecule has 1 saturated heterocycles. The number of carbonyl (C=O) groups is 1. The van der Waals surface area contributed by atoms with Crippen molar-refractivity contribution in [3.63, 3.8) is 0 Å². The molecule has 1 aromatic rings. The number of nitrogens with zero attached hydrogens (tertiary/aromatic N) is 1. The Bertz CT molecular complexity index is 481. The molecule has 0 spiro atoms. The molecule has 0 radical (unpaired) electrons. The van der Waals surface area contributed by atoms with Crippen LogP contribution in [0.5, 0.6) is 0 Å². The van der Waals surface area contributed by atoms with E-state index in [1.165, 1.54) is 4.90 Å². The summed E-state index contributed by atoms with van der Waals surface area (Å²) in [7, 11) is 0. The summed E-state index contributed by atoms with van der Waals surface area (Å²) < 4.78 is 26.1. The predicted molar refractivity (Wildman–Crippen MR) is 62.5 cm³/mol. The van der Waals surface area contributed by atoms with E-state index in [-0.39, 0.29) is 23.2 Å². The number of aliphatic hydroxyl groups excluding tert-OH is 1. The van der Waals surface area contributed by atoms with Crippen molar-refractivity contribution in [1.29, 1.82) is 0 Å². The Kier molecular flexibility index (Phi) is 3.82. The Hall–Kier alpha value is -1.20. The van der Waals surface area contributed by atoms with Gasteiger partial charge in [0.1, 0.15) is 0 Å². The zero-order valence-corrected chi connectivity index (χ0v) is 10.3. The molecule has 0 saturated carbocycles. The number of likely N-dealkylation sites (tertiary alicyclic amines) is 1. The van der Waals surface area contributed by atoms with Crippen molar-refractivity contribution in [3.05, 3.63) is 34.4 Å². The fraction of sp³-hybridized carbons (Fsp3) is 0.417. The van der Waals surface area contributed by atoms with Crippen molar-refractivity contribution in [2.24, 2.45) is 0 Å². The second-order valence-corrected chi connectivity index (χ2v) is 4.63. The average molecular weight is 276 g/mol. The van der Waals surface area contributed by atoms with Gasteiger partial charge in [0.2, 0.25) is 0 Å². The van der Waals surface area contributed by atoms with Crippen molar-refractivity contribution in [2.75, 3.05) is 13.2 Å². The summed E-state index contributed by atoms with van der Waals surface area (Å²) in [5.74, 6) is -2.67. The van der Waals surface area contributed by atoms with Crippen LogP contribution in [0.4, 0.5) is 8.78 Å². The Labute approximate surface area is 108 Å². The van der Waals surface area contributed by atoms with Gasteiger partial charge < -0.3 is 10.0 Å². The predicted octanol–water partition coefficient (Wildman–Crippen LogP) is 2.22. The quantitative estimate of drug-likeness (QED) is 0.841. The normalized spacial score (nSPS) is 19.3. The van der Waals surface area contributed by atoms with E-state index >= 15 is 0 Å². The molecule has 1 heterocycles. The van der Waals surface area contributed by atoms with Gasteiger partial charge in [0.05, 0.1) is 23.2 Å². The minimum Gasteiger partial charge on any atom is -0.394 e. The van der Waals surface area contributed by atoms with Gasteiger partial charge in [-0.1, -0.05) is 11.6 Å². The molecule has 0 bridgehead atoms.